The minimum Gasteiger partial charge on any atom is -0.480 e. The molecule has 4 nitrogen and oxygen atoms in total. The zero-order valence-corrected chi connectivity index (χ0v) is 11.3. The third kappa shape index (κ3) is 7.76. The first-order valence-electron chi connectivity index (χ1n) is 6.16. The third-order valence-corrected chi connectivity index (χ3v) is 2.68. The molecule has 0 aliphatic heterocycles. The molecular formula is C13H24N2O2. The van der Waals surface area contributed by atoms with E-state index in [1.807, 2.05) is 27.7 Å². The Bertz CT molecular complexity index is 280. The van der Waals surface area contributed by atoms with Crippen molar-refractivity contribution in [1.82, 2.24) is 5.32 Å². The molecule has 4 heteroatoms. The van der Waals surface area contributed by atoms with Gasteiger partial charge in [0.2, 0.25) is 0 Å². The summed E-state index contributed by atoms with van der Waals surface area (Å²) in [6.45, 7) is 8.47. The van der Waals surface area contributed by atoms with Crippen LogP contribution < -0.4 is 5.32 Å². The highest BCUT2D eigenvalue weighted by atomic mass is 16.4. The van der Waals surface area contributed by atoms with Gasteiger partial charge < -0.3 is 10.4 Å². The molecule has 0 saturated heterocycles. The van der Waals surface area contributed by atoms with Gasteiger partial charge in [-0.05, 0) is 45.6 Å². The van der Waals surface area contributed by atoms with Crippen LogP contribution >= 0.6 is 0 Å². The van der Waals surface area contributed by atoms with Crippen molar-refractivity contribution in [3.05, 3.63) is 0 Å². The number of hydrogen-bond acceptors (Lipinski definition) is 3. The number of hydrogen-bond donors (Lipinski definition) is 2. The molecule has 2 N–H and O–H groups in total. The summed E-state index contributed by atoms with van der Waals surface area (Å²) in [7, 11) is 0. The Labute approximate surface area is 104 Å². The summed E-state index contributed by atoms with van der Waals surface area (Å²) in [6.07, 6.45) is 2.24. The molecule has 0 amide bonds. The van der Waals surface area contributed by atoms with Gasteiger partial charge in [0.05, 0.1) is 11.5 Å². The highest BCUT2D eigenvalue weighted by molar-refractivity contribution is 5.73. The monoisotopic (exact) mass is 240 g/mol. The van der Waals surface area contributed by atoms with Gasteiger partial charge in [0, 0.05) is 0 Å². The molecule has 0 aliphatic carbocycles. The van der Waals surface area contributed by atoms with Crippen LogP contribution in [0.2, 0.25) is 0 Å². The van der Waals surface area contributed by atoms with E-state index in [-0.39, 0.29) is 5.41 Å². The topological polar surface area (TPSA) is 73.1 Å². The quantitative estimate of drug-likeness (QED) is 0.639. The summed E-state index contributed by atoms with van der Waals surface area (Å²) in [5.74, 6) is -0.433. The number of nitriles is 1. The van der Waals surface area contributed by atoms with Crippen LogP contribution in [-0.4, -0.2) is 23.7 Å². The zero-order valence-electron chi connectivity index (χ0n) is 11.3. The van der Waals surface area contributed by atoms with Crippen molar-refractivity contribution in [1.29, 1.82) is 5.26 Å². The average Bonchev–Trinajstić information content (AvgIpc) is 2.21. The minimum absolute atomic E-state index is 0.321. The summed E-state index contributed by atoms with van der Waals surface area (Å²) in [6, 6.07) is 1.77. The lowest BCUT2D eigenvalue weighted by atomic mass is 9.90. The van der Waals surface area contributed by atoms with Crippen molar-refractivity contribution in [2.75, 3.05) is 6.54 Å². The fourth-order valence-corrected chi connectivity index (χ4v) is 1.61. The molecule has 0 saturated carbocycles. The summed E-state index contributed by atoms with van der Waals surface area (Å²) >= 11 is 0. The Morgan fingerprint density at radius 3 is 2.47 bits per heavy atom. The van der Waals surface area contributed by atoms with Gasteiger partial charge in [-0.1, -0.05) is 13.8 Å². The fraction of sp³-hybridized carbons (Fsp3) is 0.846. The van der Waals surface area contributed by atoms with Gasteiger partial charge in [-0.2, -0.15) is 5.26 Å². The molecule has 0 aromatic rings. The lowest BCUT2D eigenvalue weighted by Gasteiger charge is -2.18. The van der Waals surface area contributed by atoms with E-state index in [1.54, 1.807) is 0 Å². The first-order chi connectivity index (χ1) is 7.78. The van der Waals surface area contributed by atoms with Crippen LogP contribution in [0.3, 0.4) is 0 Å². The molecule has 0 fully saturated rings. The van der Waals surface area contributed by atoms with E-state index >= 15 is 0 Å². The summed E-state index contributed by atoms with van der Waals surface area (Å²) in [5, 5.41) is 20.9. The molecule has 0 radical (unpaired) electrons. The molecule has 98 valence electrons. The van der Waals surface area contributed by atoms with Gasteiger partial charge in [0.1, 0.15) is 6.04 Å². The number of aliphatic carboxylic acids is 1. The largest absolute Gasteiger partial charge is 0.480 e. The van der Waals surface area contributed by atoms with Crippen LogP contribution in [0.5, 0.6) is 0 Å². The van der Waals surface area contributed by atoms with Gasteiger partial charge in [-0.15, -0.1) is 0 Å². The van der Waals surface area contributed by atoms with Gasteiger partial charge >= 0.3 is 5.97 Å². The van der Waals surface area contributed by atoms with Crippen LogP contribution in [0, 0.1) is 22.7 Å². The molecule has 17 heavy (non-hydrogen) atoms. The molecule has 0 bridgehead atoms. The number of carboxylic acids is 1. The van der Waals surface area contributed by atoms with E-state index in [9.17, 15) is 4.79 Å². The normalized spacial score (nSPS) is 13.4. The van der Waals surface area contributed by atoms with E-state index in [1.165, 1.54) is 0 Å². The number of carbonyl (C=O) groups is 1. The molecular weight excluding hydrogens is 216 g/mol. The molecule has 1 atom stereocenters. The highest BCUT2D eigenvalue weighted by Gasteiger charge is 2.19. The summed E-state index contributed by atoms with van der Waals surface area (Å²) < 4.78 is 0. The van der Waals surface area contributed by atoms with Crippen molar-refractivity contribution >= 4 is 5.97 Å². The number of nitrogens with one attached hydrogen (secondary N) is 1. The molecule has 0 rings (SSSR count). The van der Waals surface area contributed by atoms with Gasteiger partial charge in [0.25, 0.3) is 0 Å². The second-order valence-electron chi connectivity index (χ2n) is 5.57. The predicted molar refractivity (Wildman–Crippen MR) is 67.5 cm³/mol. The van der Waals surface area contributed by atoms with Crippen molar-refractivity contribution < 1.29 is 9.90 Å². The molecule has 0 heterocycles. The van der Waals surface area contributed by atoms with E-state index in [2.05, 4.69) is 11.4 Å². The second kappa shape index (κ2) is 7.29. The number of nitrogens with zero attached hydrogens (tertiary/aromatic N) is 1. The van der Waals surface area contributed by atoms with Gasteiger partial charge in [0.15, 0.2) is 0 Å². The Morgan fingerprint density at radius 1 is 1.47 bits per heavy atom. The lowest BCUT2D eigenvalue weighted by Crippen LogP contribution is -2.38. The zero-order chi connectivity index (χ0) is 13.5. The van der Waals surface area contributed by atoms with Crippen molar-refractivity contribution in [2.45, 2.75) is 53.0 Å². The van der Waals surface area contributed by atoms with E-state index in [0.717, 1.165) is 12.8 Å². The third-order valence-electron chi connectivity index (χ3n) is 2.68. The van der Waals surface area contributed by atoms with Crippen LogP contribution in [0.25, 0.3) is 0 Å². The Morgan fingerprint density at radius 2 is 2.06 bits per heavy atom. The SMILES string of the molecule is CC(C)CC(NCCCC(C)(C)C#N)C(=O)O. The maximum atomic E-state index is 11.0. The summed E-state index contributed by atoms with van der Waals surface area (Å²) in [5.41, 5.74) is -0.321. The van der Waals surface area contributed by atoms with Crippen molar-refractivity contribution in [2.24, 2.45) is 11.3 Å². The fourth-order valence-electron chi connectivity index (χ4n) is 1.61. The van der Waals surface area contributed by atoms with E-state index in [0.29, 0.717) is 18.9 Å². The number of carboxylic acid groups (broad SMARTS) is 1. The standard InChI is InChI=1S/C13H24N2O2/c1-10(2)8-11(12(16)17)15-7-5-6-13(3,4)9-14/h10-11,15H,5-8H2,1-4H3,(H,16,17). The molecule has 0 aliphatic rings. The van der Waals surface area contributed by atoms with Crippen molar-refractivity contribution in [3.8, 4) is 6.07 Å². The highest BCUT2D eigenvalue weighted by Crippen LogP contribution is 2.20. The van der Waals surface area contributed by atoms with Crippen LogP contribution in [0.4, 0.5) is 0 Å². The van der Waals surface area contributed by atoms with E-state index < -0.39 is 12.0 Å². The Balaban J connectivity index is 3.92. The lowest BCUT2D eigenvalue weighted by molar-refractivity contribution is -0.139. The van der Waals surface area contributed by atoms with Gasteiger partial charge in [-0.3, -0.25) is 4.79 Å². The van der Waals surface area contributed by atoms with Gasteiger partial charge in [-0.25, -0.2) is 0 Å². The molecule has 0 aromatic carbocycles. The average molecular weight is 240 g/mol. The number of rotatable bonds is 8. The Kier molecular flexibility index (Phi) is 6.82. The minimum atomic E-state index is -0.793. The Hall–Kier alpha value is -1.08. The maximum absolute atomic E-state index is 11.0. The van der Waals surface area contributed by atoms with Crippen LogP contribution in [0.1, 0.15) is 47.0 Å². The van der Waals surface area contributed by atoms with Crippen LogP contribution in [0.15, 0.2) is 0 Å². The smallest absolute Gasteiger partial charge is 0.320 e. The van der Waals surface area contributed by atoms with Crippen molar-refractivity contribution in [3.63, 3.8) is 0 Å². The van der Waals surface area contributed by atoms with Crippen LogP contribution in [-0.2, 0) is 4.79 Å². The molecule has 0 aromatic heterocycles. The first kappa shape index (κ1) is 15.9. The maximum Gasteiger partial charge on any atom is 0.320 e. The predicted octanol–water partition coefficient (Wildman–Crippen LogP) is 2.41. The summed E-state index contributed by atoms with van der Waals surface area (Å²) in [4.78, 5) is 11.0. The molecule has 1 unspecified atom stereocenters. The molecule has 0 spiro atoms. The van der Waals surface area contributed by atoms with E-state index in [4.69, 9.17) is 10.4 Å². The first-order valence-corrected chi connectivity index (χ1v) is 6.16. The second-order valence-corrected chi connectivity index (χ2v) is 5.57.